The number of carboxylic acids is 1. The minimum atomic E-state index is -4.46. The van der Waals surface area contributed by atoms with Gasteiger partial charge in [-0.25, -0.2) is 9.18 Å². The van der Waals surface area contributed by atoms with Crippen LogP contribution >= 0.6 is 11.3 Å². The van der Waals surface area contributed by atoms with Crippen molar-refractivity contribution in [1.82, 2.24) is 0 Å². The number of hydrogen-bond acceptors (Lipinski definition) is 4. The van der Waals surface area contributed by atoms with Crippen LogP contribution in [-0.4, -0.2) is 11.1 Å². The third kappa shape index (κ3) is 5.58. The highest BCUT2D eigenvalue weighted by Gasteiger charge is 2.30. The molecule has 9 heteroatoms. The quantitative estimate of drug-likeness (QED) is 0.111. The molecule has 0 bridgehead atoms. The Morgan fingerprint density at radius 3 is 2.31 bits per heavy atom. The molecule has 1 N–H and O–H groups in total. The molecule has 0 amide bonds. The van der Waals surface area contributed by atoms with Gasteiger partial charge in [0.2, 0.25) is 0 Å². The summed E-state index contributed by atoms with van der Waals surface area (Å²) in [5.41, 5.74) is 1.70. The highest BCUT2D eigenvalue weighted by atomic mass is 32.1. The molecule has 0 saturated heterocycles. The van der Waals surface area contributed by atoms with Crippen molar-refractivity contribution in [3.63, 3.8) is 0 Å². The average Bonchev–Trinajstić information content (AvgIpc) is 3.34. The van der Waals surface area contributed by atoms with Gasteiger partial charge in [-0.1, -0.05) is 43.7 Å². The van der Waals surface area contributed by atoms with Gasteiger partial charge in [-0.05, 0) is 73.0 Å². The van der Waals surface area contributed by atoms with Crippen LogP contribution in [0.3, 0.4) is 0 Å². The van der Waals surface area contributed by atoms with E-state index in [1.54, 1.807) is 12.1 Å². The molecule has 0 unspecified atom stereocenters. The first-order chi connectivity index (χ1) is 20.1. The fourth-order valence-electron chi connectivity index (χ4n) is 4.89. The van der Waals surface area contributed by atoms with Gasteiger partial charge in [0.05, 0.1) is 16.0 Å². The van der Waals surface area contributed by atoms with Crippen LogP contribution < -0.4 is 4.90 Å². The zero-order chi connectivity index (χ0) is 30.0. The number of benzene rings is 4. The number of fused-ring (bicyclic) bond motifs is 3. The topological polar surface area (TPSA) is 64.3 Å². The van der Waals surface area contributed by atoms with Crippen LogP contribution in [0.25, 0.3) is 26.2 Å². The predicted octanol–water partition coefficient (Wildman–Crippen LogP) is 10.0. The molecule has 0 aliphatic carbocycles. The number of para-hydroxylation sites is 1. The number of aryl methyl sites for hydroxylation is 1. The van der Waals surface area contributed by atoms with Crippen molar-refractivity contribution in [2.75, 3.05) is 4.90 Å². The first kappa shape index (κ1) is 28.8. The van der Waals surface area contributed by atoms with E-state index in [2.05, 4.69) is 6.92 Å². The van der Waals surface area contributed by atoms with Gasteiger partial charge in [0.25, 0.3) is 0 Å². The molecule has 0 atom stereocenters. The number of nitriles is 1. The maximum atomic E-state index is 15.7. The molecule has 212 valence electrons. The van der Waals surface area contributed by atoms with Gasteiger partial charge in [0, 0.05) is 32.4 Å². The maximum Gasteiger partial charge on any atom is 0.416 e. The number of alkyl halides is 3. The largest absolute Gasteiger partial charge is 0.477 e. The van der Waals surface area contributed by atoms with Crippen LogP contribution in [0.5, 0.6) is 0 Å². The Balaban J connectivity index is 1.74. The zero-order valence-corrected chi connectivity index (χ0v) is 23.2. The van der Waals surface area contributed by atoms with Gasteiger partial charge in [0.15, 0.2) is 0 Å². The van der Waals surface area contributed by atoms with Gasteiger partial charge in [-0.3, -0.25) is 0 Å². The van der Waals surface area contributed by atoms with E-state index in [9.17, 15) is 23.1 Å². The Morgan fingerprint density at radius 1 is 1.00 bits per heavy atom. The maximum absolute atomic E-state index is 15.7. The van der Waals surface area contributed by atoms with E-state index in [4.69, 9.17) is 5.26 Å². The molecule has 5 aromatic rings. The molecule has 0 aliphatic heterocycles. The SMILES string of the molecule is CCCCc1cc2c(cc1N(c1ccccc1)c1ccc(C(F)(F)F)cc1)sc1c(F)c(/C=C(\C#N)C(=O)O)ccc12. The van der Waals surface area contributed by atoms with Crippen LogP contribution in [0.2, 0.25) is 0 Å². The normalized spacial score (nSPS) is 12.0. The Bertz CT molecular complexity index is 1850. The summed E-state index contributed by atoms with van der Waals surface area (Å²) in [7, 11) is 0. The van der Waals surface area contributed by atoms with Gasteiger partial charge in [-0.15, -0.1) is 11.3 Å². The van der Waals surface area contributed by atoms with Gasteiger partial charge in [-0.2, -0.15) is 18.4 Å². The standard InChI is InChI=1S/C33H24F4N2O2S/c1-2-3-7-20-17-27-26-15-10-21(16-22(19-38)32(40)41)30(34)31(26)42-29(27)18-28(20)39(24-8-5-4-6-9-24)25-13-11-23(12-14-25)33(35,36)37/h4-6,8-18H,2-3,7H2,1H3,(H,40,41)/b22-16+. The number of nitrogens with zero attached hydrogens (tertiary/aromatic N) is 2. The predicted molar refractivity (Wildman–Crippen MR) is 159 cm³/mol. The minimum absolute atomic E-state index is 0.00453. The number of hydrogen-bond donors (Lipinski definition) is 1. The molecule has 1 heterocycles. The summed E-state index contributed by atoms with van der Waals surface area (Å²) in [6.45, 7) is 2.07. The first-order valence-corrected chi connectivity index (χ1v) is 14.0. The molecule has 4 aromatic carbocycles. The Kier molecular flexibility index (Phi) is 8.01. The van der Waals surface area contributed by atoms with Crippen LogP contribution in [0.4, 0.5) is 34.6 Å². The summed E-state index contributed by atoms with van der Waals surface area (Å²) in [6, 6.07) is 23.0. The van der Waals surface area contributed by atoms with E-state index in [0.717, 1.165) is 58.1 Å². The monoisotopic (exact) mass is 588 g/mol. The Hall–Kier alpha value is -4.68. The van der Waals surface area contributed by atoms with E-state index in [-0.39, 0.29) is 5.56 Å². The molecular weight excluding hydrogens is 564 g/mol. The molecule has 0 spiro atoms. The molecule has 0 fully saturated rings. The fraction of sp³-hybridized carbons (Fsp3) is 0.152. The lowest BCUT2D eigenvalue weighted by Crippen LogP contribution is -2.13. The third-order valence-electron chi connectivity index (χ3n) is 6.97. The fourth-order valence-corrected chi connectivity index (χ4v) is 6.05. The lowest BCUT2D eigenvalue weighted by atomic mass is 10.00. The second kappa shape index (κ2) is 11.7. The molecule has 42 heavy (non-hydrogen) atoms. The minimum Gasteiger partial charge on any atom is -0.477 e. The van der Waals surface area contributed by atoms with Crippen LogP contribution in [0, 0.1) is 17.1 Å². The highest BCUT2D eigenvalue weighted by molar-refractivity contribution is 7.25. The number of halogens is 4. The average molecular weight is 589 g/mol. The van der Waals surface area contributed by atoms with E-state index in [1.165, 1.54) is 29.5 Å². The van der Waals surface area contributed by atoms with Crippen LogP contribution in [0.15, 0.2) is 84.4 Å². The molecule has 0 radical (unpaired) electrons. The van der Waals surface area contributed by atoms with E-state index in [1.807, 2.05) is 47.4 Å². The number of anilines is 3. The van der Waals surface area contributed by atoms with E-state index < -0.39 is 29.1 Å². The first-order valence-electron chi connectivity index (χ1n) is 13.2. The van der Waals surface area contributed by atoms with Crippen LogP contribution in [0.1, 0.15) is 36.5 Å². The molecular formula is C33H24F4N2O2S. The van der Waals surface area contributed by atoms with Crippen molar-refractivity contribution < 1.29 is 27.5 Å². The Morgan fingerprint density at radius 2 is 1.69 bits per heavy atom. The second-order valence-electron chi connectivity index (χ2n) is 9.72. The lowest BCUT2D eigenvalue weighted by molar-refractivity contribution is -0.137. The lowest BCUT2D eigenvalue weighted by Gasteiger charge is -2.28. The summed E-state index contributed by atoms with van der Waals surface area (Å²) in [4.78, 5) is 13.2. The Labute approximate surface area is 243 Å². The second-order valence-corrected chi connectivity index (χ2v) is 10.8. The number of carbonyl (C=O) groups is 1. The summed E-state index contributed by atoms with van der Waals surface area (Å²) >= 11 is 1.20. The summed E-state index contributed by atoms with van der Waals surface area (Å²) in [5, 5.41) is 19.8. The van der Waals surface area contributed by atoms with Crippen molar-refractivity contribution in [2.24, 2.45) is 0 Å². The smallest absolute Gasteiger partial charge is 0.416 e. The molecule has 0 aliphatic rings. The van der Waals surface area contributed by atoms with Gasteiger partial charge in [0.1, 0.15) is 17.5 Å². The zero-order valence-electron chi connectivity index (χ0n) is 22.4. The van der Waals surface area contributed by atoms with Crippen molar-refractivity contribution in [3.05, 3.63) is 107 Å². The number of unbranched alkanes of at least 4 members (excludes halogenated alkanes) is 1. The van der Waals surface area contributed by atoms with Crippen molar-refractivity contribution in [3.8, 4) is 6.07 Å². The van der Waals surface area contributed by atoms with Gasteiger partial charge >= 0.3 is 12.1 Å². The van der Waals surface area contributed by atoms with Gasteiger partial charge < -0.3 is 10.0 Å². The molecule has 1 aromatic heterocycles. The van der Waals surface area contributed by atoms with E-state index >= 15 is 4.39 Å². The van der Waals surface area contributed by atoms with Crippen LogP contribution in [-0.2, 0) is 17.4 Å². The summed E-state index contributed by atoms with van der Waals surface area (Å²) in [5.74, 6) is -2.06. The molecule has 0 saturated carbocycles. The van der Waals surface area contributed by atoms with Crippen molar-refractivity contribution >= 4 is 60.6 Å². The molecule has 4 nitrogen and oxygen atoms in total. The van der Waals surface area contributed by atoms with Crippen molar-refractivity contribution in [1.29, 1.82) is 5.26 Å². The number of rotatable bonds is 8. The van der Waals surface area contributed by atoms with E-state index in [0.29, 0.717) is 22.2 Å². The molecule has 5 rings (SSSR count). The number of aliphatic carboxylic acids is 1. The van der Waals surface area contributed by atoms with Crippen molar-refractivity contribution in [2.45, 2.75) is 32.4 Å². The number of thiophene rings is 1. The summed E-state index contributed by atoms with van der Waals surface area (Å²) < 4.78 is 56.8. The third-order valence-corrected chi connectivity index (χ3v) is 8.13. The highest BCUT2D eigenvalue weighted by Crippen LogP contribution is 2.44. The number of carboxylic acid groups (broad SMARTS) is 1. The summed E-state index contributed by atoms with van der Waals surface area (Å²) in [6.07, 6.45) is -0.971.